The molecule has 32 heavy (non-hydrogen) atoms. The van der Waals surface area contributed by atoms with Crippen LogP contribution in [0.3, 0.4) is 0 Å². The van der Waals surface area contributed by atoms with Gasteiger partial charge in [0.05, 0.1) is 18.2 Å². The molecule has 0 aliphatic carbocycles. The Labute approximate surface area is 183 Å². The number of ether oxygens (including phenoxy) is 1. The maximum Gasteiger partial charge on any atom is 0.243 e. The van der Waals surface area contributed by atoms with E-state index in [4.69, 9.17) is 4.74 Å². The van der Waals surface area contributed by atoms with Crippen LogP contribution >= 0.6 is 0 Å². The SMILES string of the molecule is O=C(CNC(=O)C1c2ccccc2Oc2ccccc21)Nc1ccc(-n2cncn2)cc1. The maximum absolute atomic E-state index is 13.1. The normalized spacial score (nSPS) is 12.2. The molecule has 8 nitrogen and oxygen atoms in total. The van der Waals surface area contributed by atoms with Crippen molar-refractivity contribution < 1.29 is 14.3 Å². The maximum atomic E-state index is 13.1. The lowest BCUT2D eigenvalue weighted by Crippen LogP contribution is -2.37. The lowest BCUT2D eigenvalue weighted by atomic mass is 9.87. The standard InChI is InChI=1S/C24H19N5O3/c30-22(28-16-9-11-17(12-10-16)29-15-25-14-27-29)13-26-24(31)23-18-5-1-3-7-20(18)32-21-8-4-2-6-19(21)23/h1-12,14-15,23H,13H2,(H,26,31)(H,28,30). The van der Waals surface area contributed by atoms with Crippen molar-refractivity contribution >= 4 is 17.5 Å². The molecule has 0 saturated heterocycles. The average Bonchev–Trinajstić information content (AvgIpc) is 3.36. The van der Waals surface area contributed by atoms with Crippen LogP contribution in [0.2, 0.25) is 0 Å². The molecule has 8 heteroatoms. The van der Waals surface area contributed by atoms with Gasteiger partial charge in [-0.25, -0.2) is 9.67 Å². The van der Waals surface area contributed by atoms with Crippen molar-refractivity contribution in [1.29, 1.82) is 0 Å². The summed E-state index contributed by atoms with van der Waals surface area (Å²) in [5.41, 5.74) is 2.99. The first-order valence-electron chi connectivity index (χ1n) is 10.1. The molecule has 1 aliphatic rings. The highest BCUT2D eigenvalue weighted by Gasteiger charge is 2.32. The molecule has 0 atom stereocenters. The second-order valence-corrected chi connectivity index (χ2v) is 7.26. The molecule has 4 aromatic rings. The van der Waals surface area contributed by atoms with E-state index in [2.05, 4.69) is 20.7 Å². The second-order valence-electron chi connectivity index (χ2n) is 7.26. The average molecular weight is 425 g/mol. The van der Waals surface area contributed by atoms with Crippen LogP contribution in [0.15, 0.2) is 85.5 Å². The van der Waals surface area contributed by atoms with Crippen molar-refractivity contribution in [3.8, 4) is 17.2 Å². The van der Waals surface area contributed by atoms with E-state index >= 15 is 0 Å². The van der Waals surface area contributed by atoms with Crippen LogP contribution in [-0.4, -0.2) is 33.1 Å². The Morgan fingerprint density at radius 3 is 2.19 bits per heavy atom. The Hall–Kier alpha value is -4.46. The Morgan fingerprint density at radius 1 is 0.906 bits per heavy atom. The summed E-state index contributed by atoms with van der Waals surface area (Å²) in [6.07, 6.45) is 3.04. The molecule has 0 radical (unpaired) electrons. The fourth-order valence-electron chi connectivity index (χ4n) is 3.71. The summed E-state index contributed by atoms with van der Waals surface area (Å²) in [5, 5.41) is 9.61. The number of benzene rings is 3. The second kappa shape index (κ2) is 8.35. The van der Waals surface area contributed by atoms with E-state index in [1.807, 2.05) is 60.7 Å². The van der Waals surface area contributed by atoms with E-state index in [9.17, 15) is 9.59 Å². The number of rotatable bonds is 5. The fourth-order valence-corrected chi connectivity index (χ4v) is 3.71. The van der Waals surface area contributed by atoms with E-state index in [0.717, 1.165) is 16.8 Å². The number of carbonyl (C=O) groups excluding carboxylic acids is 2. The quantitative estimate of drug-likeness (QED) is 0.512. The van der Waals surface area contributed by atoms with Gasteiger partial charge < -0.3 is 15.4 Å². The first-order valence-corrected chi connectivity index (χ1v) is 10.1. The molecule has 0 fully saturated rings. The van der Waals surface area contributed by atoms with Gasteiger partial charge in [-0.05, 0) is 36.4 Å². The van der Waals surface area contributed by atoms with Crippen LogP contribution in [0.5, 0.6) is 11.5 Å². The molecule has 158 valence electrons. The Kier molecular flexibility index (Phi) is 5.09. The van der Waals surface area contributed by atoms with Crippen molar-refractivity contribution in [2.45, 2.75) is 5.92 Å². The van der Waals surface area contributed by atoms with Crippen LogP contribution in [0.25, 0.3) is 5.69 Å². The predicted octanol–water partition coefficient (Wildman–Crippen LogP) is 3.26. The van der Waals surface area contributed by atoms with Crippen molar-refractivity contribution in [2.75, 3.05) is 11.9 Å². The zero-order valence-corrected chi connectivity index (χ0v) is 16.9. The van der Waals surface area contributed by atoms with E-state index < -0.39 is 5.92 Å². The summed E-state index contributed by atoms with van der Waals surface area (Å²) in [6.45, 7) is -0.147. The number of amides is 2. The highest BCUT2D eigenvalue weighted by atomic mass is 16.5. The third kappa shape index (κ3) is 3.81. The zero-order chi connectivity index (χ0) is 21.9. The Bertz CT molecular complexity index is 1220. The molecule has 0 spiro atoms. The number of nitrogens with zero attached hydrogens (tertiary/aromatic N) is 3. The van der Waals surface area contributed by atoms with Gasteiger partial charge in [-0.3, -0.25) is 9.59 Å². The smallest absolute Gasteiger partial charge is 0.243 e. The third-order valence-electron chi connectivity index (χ3n) is 5.20. The van der Waals surface area contributed by atoms with Crippen molar-refractivity contribution in [2.24, 2.45) is 0 Å². The van der Waals surface area contributed by atoms with E-state index in [-0.39, 0.29) is 18.4 Å². The fraction of sp³-hybridized carbons (Fsp3) is 0.0833. The number of hydrogen-bond donors (Lipinski definition) is 2. The molecule has 1 aromatic heterocycles. The molecule has 3 aromatic carbocycles. The number of anilines is 1. The number of fused-ring (bicyclic) bond motifs is 2. The zero-order valence-electron chi connectivity index (χ0n) is 16.9. The lowest BCUT2D eigenvalue weighted by Gasteiger charge is -2.27. The summed E-state index contributed by atoms with van der Waals surface area (Å²) in [5.74, 6) is 0.155. The summed E-state index contributed by atoms with van der Waals surface area (Å²) in [4.78, 5) is 29.4. The number of aromatic nitrogens is 3. The third-order valence-corrected chi connectivity index (χ3v) is 5.20. The molecule has 2 N–H and O–H groups in total. The molecule has 5 rings (SSSR count). The van der Waals surface area contributed by atoms with Crippen LogP contribution in [0.4, 0.5) is 5.69 Å². The van der Waals surface area contributed by atoms with Gasteiger partial charge in [-0.2, -0.15) is 5.10 Å². The minimum absolute atomic E-state index is 0.147. The summed E-state index contributed by atoms with van der Waals surface area (Å²) >= 11 is 0. The van der Waals surface area contributed by atoms with Gasteiger partial charge in [-0.1, -0.05) is 36.4 Å². The number of nitrogens with one attached hydrogen (secondary N) is 2. The monoisotopic (exact) mass is 425 g/mol. The molecule has 1 aliphatic heterocycles. The number of para-hydroxylation sites is 2. The highest BCUT2D eigenvalue weighted by Crippen LogP contribution is 2.43. The van der Waals surface area contributed by atoms with Gasteiger partial charge in [0.2, 0.25) is 11.8 Å². The molecule has 0 unspecified atom stereocenters. The molecule has 0 bridgehead atoms. The van der Waals surface area contributed by atoms with Crippen LogP contribution < -0.4 is 15.4 Å². The molecule has 0 saturated carbocycles. The van der Waals surface area contributed by atoms with Crippen molar-refractivity contribution in [1.82, 2.24) is 20.1 Å². The van der Waals surface area contributed by atoms with E-state index in [1.54, 1.807) is 23.1 Å². The first kappa shape index (κ1) is 19.5. The van der Waals surface area contributed by atoms with Gasteiger partial charge in [0, 0.05) is 16.8 Å². The van der Waals surface area contributed by atoms with Gasteiger partial charge in [-0.15, -0.1) is 0 Å². The highest BCUT2D eigenvalue weighted by molar-refractivity contribution is 5.97. The van der Waals surface area contributed by atoms with E-state index in [1.165, 1.54) is 6.33 Å². The predicted molar refractivity (Wildman–Crippen MR) is 118 cm³/mol. The van der Waals surface area contributed by atoms with E-state index in [0.29, 0.717) is 17.2 Å². The van der Waals surface area contributed by atoms with Gasteiger partial charge >= 0.3 is 0 Å². The summed E-state index contributed by atoms with van der Waals surface area (Å²) < 4.78 is 7.55. The molecule has 2 heterocycles. The summed E-state index contributed by atoms with van der Waals surface area (Å²) in [6, 6.07) is 22.0. The Balaban J connectivity index is 1.26. The first-order chi connectivity index (χ1) is 15.7. The minimum Gasteiger partial charge on any atom is -0.457 e. The van der Waals surface area contributed by atoms with Gasteiger partial charge in [0.15, 0.2) is 0 Å². The summed E-state index contributed by atoms with van der Waals surface area (Å²) in [7, 11) is 0. The lowest BCUT2D eigenvalue weighted by molar-refractivity contribution is -0.124. The topological polar surface area (TPSA) is 98.1 Å². The van der Waals surface area contributed by atoms with Crippen LogP contribution in [0, 0.1) is 0 Å². The molecular weight excluding hydrogens is 406 g/mol. The number of carbonyl (C=O) groups is 2. The van der Waals surface area contributed by atoms with Crippen LogP contribution in [0.1, 0.15) is 17.0 Å². The minimum atomic E-state index is -0.550. The molecular formula is C24H19N5O3. The van der Waals surface area contributed by atoms with Crippen molar-refractivity contribution in [3.05, 3.63) is 96.6 Å². The van der Waals surface area contributed by atoms with Crippen LogP contribution in [-0.2, 0) is 9.59 Å². The van der Waals surface area contributed by atoms with Crippen molar-refractivity contribution in [3.63, 3.8) is 0 Å². The largest absolute Gasteiger partial charge is 0.457 e. The van der Waals surface area contributed by atoms with Gasteiger partial charge in [0.1, 0.15) is 24.2 Å². The Morgan fingerprint density at radius 2 is 1.56 bits per heavy atom. The van der Waals surface area contributed by atoms with Gasteiger partial charge in [0.25, 0.3) is 0 Å². The molecule has 2 amide bonds. The number of hydrogen-bond acceptors (Lipinski definition) is 5.